The van der Waals surface area contributed by atoms with Gasteiger partial charge >= 0.3 is 6.18 Å². The number of aromatic amines is 1. The number of carbonyl (C=O) groups is 1. The van der Waals surface area contributed by atoms with Crippen molar-refractivity contribution in [1.82, 2.24) is 25.3 Å². The number of alkyl halides is 3. The Balaban J connectivity index is 1.99. The molecule has 0 bridgehead atoms. The number of amides is 1. The summed E-state index contributed by atoms with van der Waals surface area (Å²) in [7, 11) is 0. The first-order chi connectivity index (χ1) is 13.6. The fraction of sp³-hybridized carbons (Fsp3) is 0.263. The van der Waals surface area contributed by atoms with Gasteiger partial charge in [0.05, 0.1) is 16.9 Å². The number of halogens is 3. The minimum atomic E-state index is -4.62. The molecule has 0 unspecified atom stereocenters. The van der Waals surface area contributed by atoms with E-state index in [1.165, 1.54) is 25.1 Å². The molecule has 0 saturated carbocycles. The van der Waals surface area contributed by atoms with Crippen molar-refractivity contribution >= 4 is 5.91 Å². The Morgan fingerprint density at radius 1 is 1.21 bits per heavy atom. The van der Waals surface area contributed by atoms with Crippen molar-refractivity contribution < 1.29 is 18.0 Å². The molecule has 1 amide bonds. The third-order valence-corrected chi connectivity index (χ3v) is 4.47. The maximum Gasteiger partial charge on any atom is 0.418 e. The predicted molar refractivity (Wildman–Crippen MR) is 98.8 cm³/mol. The topological polar surface area (TPSA) is 92.7 Å². The van der Waals surface area contributed by atoms with Crippen molar-refractivity contribution in [3.8, 4) is 5.69 Å². The van der Waals surface area contributed by atoms with Crippen molar-refractivity contribution in [3.63, 3.8) is 0 Å². The Hall–Kier alpha value is -3.43. The summed E-state index contributed by atoms with van der Waals surface area (Å²) >= 11 is 0. The maximum absolute atomic E-state index is 13.4. The molecular weight excluding hydrogens is 387 g/mol. The molecule has 2 heterocycles. The van der Waals surface area contributed by atoms with Gasteiger partial charge in [-0.15, -0.1) is 0 Å². The van der Waals surface area contributed by atoms with Gasteiger partial charge in [0.1, 0.15) is 0 Å². The van der Waals surface area contributed by atoms with E-state index in [1.807, 2.05) is 0 Å². The quantitative estimate of drug-likeness (QED) is 0.698. The summed E-state index contributed by atoms with van der Waals surface area (Å²) in [6.07, 6.45) is -4.62. The molecule has 0 atom stereocenters. The summed E-state index contributed by atoms with van der Waals surface area (Å²) in [5.74, 6) is -0.784. The van der Waals surface area contributed by atoms with Crippen LogP contribution in [-0.2, 0) is 12.7 Å². The van der Waals surface area contributed by atoms with Crippen molar-refractivity contribution in [1.29, 1.82) is 0 Å². The zero-order valence-electron chi connectivity index (χ0n) is 15.9. The van der Waals surface area contributed by atoms with E-state index in [0.717, 1.165) is 28.1 Å². The number of hydrogen-bond acceptors (Lipinski definition) is 4. The van der Waals surface area contributed by atoms with E-state index >= 15 is 0 Å². The van der Waals surface area contributed by atoms with Gasteiger partial charge in [-0.05, 0) is 32.9 Å². The highest BCUT2D eigenvalue weighted by atomic mass is 19.4. The van der Waals surface area contributed by atoms with E-state index in [2.05, 4.69) is 20.6 Å². The molecule has 29 heavy (non-hydrogen) atoms. The van der Waals surface area contributed by atoms with E-state index in [9.17, 15) is 22.8 Å². The number of para-hydroxylation sites is 1. The van der Waals surface area contributed by atoms with E-state index in [4.69, 9.17) is 0 Å². The predicted octanol–water partition coefficient (Wildman–Crippen LogP) is 2.83. The smallest absolute Gasteiger partial charge is 0.346 e. The van der Waals surface area contributed by atoms with E-state index in [0.29, 0.717) is 5.69 Å². The number of rotatable bonds is 4. The standard InChI is InChI=1S/C19H18F3N5O2/c1-10-8-16(28)17(18(29)23-9-13-11(2)24-25-12(13)3)26-27(10)15-7-5-4-6-14(15)19(20,21)22/h4-8H,9H2,1-3H3,(H,23,29)(H,24,25). The average Bonchev–Trinajstić information content (AvgIpc) is 2.97. The minimum absolute atomic E-state index is 0.0983. The van der Waals surface area contributed by atoms with Crippen molar-refractivity contribution in [3.05, 3.63) is 74.5 Å². The molecule has 152 valence electrons. The molecule has 1 aromatic carbocycles. The molecule has 7 nitrogen and oxygen atoms in total. The second kappa shape index (κ2) is 7.53. The number of nitrogens with zero attached hydrogens (tertiary/aromatic N) is 3. The summed E-state index contributed by atoms with van der Waals surface area (Å²) in [4.78, 5) is 24.8. The first-order valence-corrected chi connectivity index (χ1v) is 8.66. The van der Waals surface area contributed by atoms with Gasteiger partial charge in [0.25, 0.3) is 5.91 Å². The van der Waals surface area contributed by atoms with Crippen LogP contribution in [0.25, 0.3) is 5.69 Å². The molecular formula is C19H18F3N5O2. The van der Waals surface area contributed by atoms with Gasteiger partial charge in [-0.3, -0.25) is 14.7 Å². The Morgan fingerprint density at radius 2 is 1.90 bits per heavy atom. The van der Waals surface area contributed by atoms with Crippen LogP contribution in [0.3, 0.4) is 0 Å². The van der Waals surface area contributed by atoms with Crippen LogP contribution in [0.2, 0.25) is 0 Å². The van der Waals surface area contributed by atoms with E-state index in [1.54, 1.807) is 13.8 Å². The number of nitrogens with one attached hydrogen (secondary N) is 2. The van der Waals surface area contributed by atoms with Crippen LogP contribution in [0, 0.1) is 20.8 Å². The van der Waals surface area contributed by atoms with E-state index < -0.39 is 28.8 Å². The van der Waals surface area contributed by atoms with Gasteiger partial charge in [0.15, 0.2) is 5.69 Å². The lowest BCUT2D eigenvalue weighted by atomic mass is 10.1. The second-order valence-corrected chi connectivity index (χ2v) is 6.52. The summed E-state index contributed by atoms with van der Waals surface area (Å²) < 4.78 is 41.1. The van der Waals surface area contributed by atoms with Crippen molar-refractivity contribution in [2.45, 2.75) is 33.5 Å². The molecule has 0 aliphatic carbocycles. The SMILES string of the molecule is Cc1n[nH]c(C)c1CNC(=O)c1nn(-c2ccccc2C(F)(F)F)c(C)cc1=O. The molecule has 2 N–H and O–H groups in total. The Morgan fingerprint density at radius 3 is 2.52 bits per heavy atom. The Kier molecular flexibility index (Phi) is 5.27. The highest BCUT2D eigenvalue weighted by Crippen LogP contribution is 2.33. The third kappa shape index (κ3) is 4.05. The molecule has 3 aromatic rings. The van der Waals surface area contributed by atoms with Gasteiger partial charge in [0.2, 0.25) is 5.43 Å². The van der Waals surface area contributed by atoms with Gasteiger partial charge in [-0.2, -0.15) is 23.4 Å². The first-order valence-electron chi connectivity index (χ1n) is 8.66. The van der Waals surface area contributed by atoms with Crippen LogP contribution >= 0.6 is 0 Å². The average molecular weight is 405 g/mol. The van der Waals surface area contributed by atoms with Crippen LogP contribution < -0.4 is 10.7 Å². The summed E-state index contributed by atoms with van der Waals surface area (Å²) in [6, 6.07) is 5.91. The maximum atomic E-state index is 13.4. The zero-order chi connectivity index (χ0) is 21.3. The van der Waals surface area contributed by atoms with Crippen molar-refractivity contribution in [2.24, 2.45) is 0 Å². The Bertz CT molecular complexity index is 1110. The van der Waals surface area contributed by atoms with Gasteiger partial charge < -0.3 is 5.32 Å². The molecule has 0 aliphatic rings. The molecule has 0 radical (unpaired) electrons. The number of H-pyrrole nitrogens is 1. The Labute approximate surface area is 163 Å². The highest BCUT2D eigenvalue weighted by molar-refractivity contribution is 5.92. The highest BCUT2D eigenvalue weighted by Gasteiger charge is 2.34. The van der Waals surface area contributed by atoms with Crippen LogP contribution in [0.1, 0.15) is 38.7 Å². The number of hydrogen-bond donors (Lipinski definition) is 2. The third-order valence-electron chi connectivity index (χ3n) is 4.47. The fourth-order valence-electron chi connectivity index (χ4n) is 2.93. The number of aromatic nitrogens is 4. The number of benzene rings is 1. The first kappa shape index (κ1) is 20.3. The lowest BCUT2D eigenvalue weighted by Gasteiger charge is -2.16. The van der Waals surface area contributed by atoms with Crippen molar-refractivity contribution in [2.75, 3.05) is 0 Å². The van der Waals surface area contributed by atoms with Crippen LogP contribution in [-0.4, -0.2) is 25.9 Å². The molecule has 0 fully saturated rings. The van der Waals surface area contributed by atoms with Crippen LogP contribution in [0.4, 0.5) is 13.2 Å². The fourth-order valence-corrected chi connectivity index (χ4v) is 2.93. The van der Waals surface area contributed by atoms with E-state index in [-0.39, 0.29) is 17.9 Å². The van der Waals surface area contributed by atoms with Gasteiger partial charge in [-0.25, -0.2) is 4.68 Å². The largest absolute Gasteiger partial charge is 0.418 e. The number of carbonyl (C=O) groups excluding carboxylic acids is 1. The summed E-state index contributed by atoms with van der Waals surface area (Å²) in [5, 5.41) is 13.3. The molecule has 0 spiro atoms. The van der Waals surface area contributed by atoms with Crippen LogP contribution in [0.5, 0.6) is 0 Å². The zero-order valence-corrected chi connectivity index (χ0v) is 15.9. The van der Waals surface area contributed by atoms with Crippen LogP contribution in [0.15, 0.2) is 35.1 Å². The number of aryl methyl sites for hydroxylation is 3. The minimum Gasteiger partial charge on any atom is -0.346 e. The molecule has 2 aromatic heterocycles. The molecule has 10 heteroatoms. The monoisotopic (exact) mass is 405 g/mol. The van der Waals surface area contributed by atoms with Gasteiger partial charge in [0, 0.05) is 29.6 Å². The summed E-state index contributed by atoms with van der Waals surface area (Å²) in [5.41, 5.74) is 0.0152. The molecule has 0 aliphatic heterocycles. The lowest BCUT2D eigenvalue weighted by Crippen LogP contribution is -2.32. The second-order valence-electron chi connectivity index (χ2n) is 6.52. The lowest BCUT2D eigenvalue weighted by molar-refractivity contribution is -0.137. The normalized spacial score (nSPS) is 11.5. The summed E-state index contributed by atoms with van der Waals surface area (Å²) in [6.45, 7) is 5.09. The molecule has 0 saturated heterocycles. The molecule has 3 rings (SSSR count). The van der Waals surface area contributed by atoms with Gasteiger partial charge in [-0.1, -0.05) is 12.1 Å².